The Balaban J connectivity index is 1.18. The van der Waals surface area contributed by atoms with Crippen LogP contribution in [0.25, 0.3) is 21.6 Å². The lowest BCUT2D eigenvalue weighted by molar-refractivity contribution is 0.0729. The molecule has 0 aromatic heterocycles. The number of rotatable bonds is 5. The normalized spacial score (nSPS) is 15.3. The summed E-state index contributed by atoms with van der Waals surface area (Å²) in [5, 5.41) is 3.75. The second-order valence-corrected chi connectivity index (χ2v) is 9.09. The first-order valence-electron chi connectivity index (χ1n) is 11.8. The average molecular weight is 469 g/mol. The summed E-state index contributed by atoms with van der Waals surface area (Å²) in [6.07, 6.45) is -0.267. The number of hydrogen-bond donors (Lipinski definition) is 1. The molecule has 8 nitrogen and oxygen atoms in total. The highest BCUT2D eigenvalue weighted by Gasteiger charge is 2.30. The molecule has 0 radical (unpaired) electrons. The topological polar surface area (TPSA) is 108 Å². The lowest BCUT2D eigenvalue weighted by Crippen LogP contribution is -2.48. The number of benzene rings is 3. The van der Waals surface area contributed by atoms with Crippen molar-refractivity contribution >= 4 is 17.5 Å². The maximum absolute atomic E-state index is 12.9. The first-order chi connectivity index (χ1) is 17.0. The Hall–Kier alpha value is -4.00. The zero-order chi connectivity index (χ0) is 24.4. The van der Waals surface area contributed by atoms with Gasteiger partial charge in [-0.2, -0.15) is 0 Å². The number of nitrogen functional groups attached to an aromatic ring is 1. The van der Waals surface area contributed by atoms with Crippen molar-refractivity contribution in [2.75, 3.05) is 38.5 Å². The van der Waals surface area contributed by atoms with E-state index in [2.05, 4.69) is 39.2 Å². The largest absolute Gasteiger partial charge is 0.448 e. The maximum atomic E-state index is 12.9. The van der Waals surface area contributed by atoms with E-state index >= 15 is 0 Å². The Morgan fingerprint density at radius 1 is 1.06 bits per heavy atom. The van der Waals surface area contributed by atoms with Crippen LogP contribution in [0, 0.1) is 6.92 Å². The minimum atomic E-state index is -0.267. The number of amides is 1. The van der Waals surface area contributed by atoms with Gasteiger partial charge in [0.05, 0.1) is 0 Å². The van der Waals surface area contributed by atoms with Gasteiger partial charge in [0.15, 0.2) is 0 Å². The summed E-state index contributed by atoms with van der Waals surface area (Å²) in [4.78, 5) is 19.8. The maximum Gasteiger partial charge on any atom is 0.409 e. The zero-order valence-corrected chi connectivity index (χ0v) is 19.7. The van der Waals surface area contributed by atoms with Gasteiger partial charge < -0.3 is 15.4 Å². The smallest absolute Gasteiger partial charge is 0.409 e. The van der Waals surface area contributed by atoms with E-state index in [0.717, 1.165) is 24.2 Å². The van der Waals surface area contributed by atoms with Crippen molar-refractivity contribution in [1.82, 2.24) is 9.80 Å². The number of carbonyl (C=O) groups is 1. The quantitative estimate of drug-likeness (QED) is 0.228. The number of nitrogens with zero attached hydrogens (tertiary/aromatic N) is 5. The van der Waals surface area contributed by atoms with Crippen molar-refractivity contribution in [3.8, 4) is 11.1 Å². The third-order valence-electron chi connectivity index (χ3n) is 7.01. The number of piperazine rings is 1. The molecule has 0 spiro atoms. The molecule has 0 saturated carbocycles. The fourth-order valence-electron chi connectivity index (χ4n) is 5.06. The second kappa shape index (κ2) is 9.70. The van der Waals surface area contributed by atoms with Gasteiger partial charge in [0.2, 0.25) is 0 Å². The lowest BCUT2D eigenvalue weighted by Gasteiger charge is -2.34. The van der Waals surface area contributed by atoms with Crippen LogP contribution in [0.1, 0.15) is 28.2 Å². The molecule has 1 amide bonds. The number of ether oxygens (including phenoxy) is 1. The Morgan fingerprint density at radius 2 is 1.69 bits per heavy atom. The van der Waals surface area contributed by atoms with E-state index in [0.29, 0.717) is 37.6 Å². The van der Waals surface area contributed by atoms with Gasteiger partial charge in [-0.3, -0.25) is 4.90 Å². The van der Waals surface area contributed by atoms with Crippen LogP contribution >= 0.6 is 0 Å². The van der Waals surface area contributed by atoms with E-state index in [1.165, 1.54) is 22.3 Å². The highest BCUT2D eigenvalue weighted by molar-refractivity contribution is 5.79. The minimum Gasteiger partial charge on any atom is -0.448 e. The van der Waals surface area contributed by atoms with Crippen LogP contribution in [0.15, 0.2) is 65.8 Å². The van der Waals surface area contributed by atoms with Gasteiger partial charge in [-0.25, -0.2) is 4.79 Å². The van der Waals surface area contributed by atoms with Crippen LogP contribution in [0.5, 0.6) is 0 Å². The molecule has 178 valence electrons. The van der Waals surface area contributed by atoms with Crippen molar-refractivity contribution in [3.63, 3.8) is 0 Å². The standard InChI is InChI=1S/C27H28N6O2/c1-18-25(28)14-19(15-26(18)30-31-29)16-32-10-12-33(13-11-32)27(34)35-17-24-22-8-4-2-6-20(22)21-7-3-5-9-23(21)24/h2-9,14-15,24H,10-13,16-17,28H2,1H3. The first kappa shape index (κ1) is 22.8. The Bertz CT molecular complexity index is 1260. The zero-order valence-electron chi connectivity index (χ0n) is 19.7. The summed E-state index contributed by atoms with van der Waals surface area (Å²) in [5.74, 6) is 0.0601. The summed E-state index contributed by atoms with van der Waals surface area (Å²) in [6.45, 7) is 5.51. The molecule has 0 atom stereocenters. The van der Waals surface area contributed by atoms with Crippen molar-refractivity contribution in [3.05, 3.63) is 93.4 Å². The van der Waals surface area contributed by atoms with Gasteiger partial charge in [-0.05, 0) is 58.0 Å². The summed E-state index contributed by atoms with van der Waals surface area (Å²) >= 11 is 0. The molecule has 1 aliphatic carbocycles. The third kappa shape index (κ3) is 4.54. The highest BCUT2D eigenvalue weighted by atomic mass is 16.6. The van der Waals surface area contributed by atoms with Gasteiger partial charge in [0, 0.05) is 54.9 Å². The van der Waals surface area contributed by atoms with Crippen LogP contribution in [0.3, 0.4) is 0 Å². The Kier molecular flexibility index (Phi) is 6.31. The van der Waals surface area contributed by atoms with Gasteiger partial charge in [0.25, 0.3) is 0 Å². The van der Waals surface area contributed by atoms with E-state index in [1.54, 1.807) is 4.90 Å². The number of anilines is 1. The van der Waals surface area contributed by atoms with Gasteiger partial charge in [-0.15, -0.1) is 0 Å². The van der Waals surface area contributed by atoms with E-state index in [-0.39, 0.29) is 12.0 Å². The summed E-state index contributed by atoms with van der Waals surface area (Å²) < 4.78 is 5.81. The molecular formula is C27H28N6O2. The molecule has 1 heterocycles. The number of azide groups is 1. The number of nitrogens with two attached hydrogens (primary N) is 1. The molecule has 1 saturated heterocycles. The second-order valence-electron chi connectivity index (χ2n) is 9.09. The van der Waals surface area contributed by atoms with Crippen molar-refractivity contribution in [2.45, 2.75) is 19.4 Å². The molecule has 0 bridgehead atoms. The average Bonchev–Trinajstić information content (AvgIpc) is 3.20. The Morgan fingerprint density at radius 3 is 2.31 bits per heavy atom. The van der Waals surface area contributed by atoms with E-state index in [9.17, 15) is 4.79 Å². The van der Waals surface area contributed by atoms with E-state index in [4.69, 9.17) is 16.0 Å². The molecule has 2 aliphatic rings. The van der Waals surface area contributed by atoms with Crippen LogP contribution in [-0.2, 0) is 11.3 Å². The minimum absolute atomic E-state index is 0.0601. The fourth-order valence-corrected chi connectivity index (χ4v) is 5.06. The number of fused-ring (bicyclic) bond motifs is 3. The molecule has 2 N–H and O–H groups in total. The monoisotopic (exact) mass is 468 g/mol. The van der Waals surface area contributed by atoms with Crippen LogP contribution < -0.4 is 5.73 Å². The molecule has 3 aromatic rings. The first-order valence-corrected chi connectivity index (χ1v) is 11.8. The van der Waals surface area contributed by atoms with Crippen LogP contribution in [0.2, 0.25) is 0 Å². The van der Waals surface area contributed by atoms with Crippen LogP contribution in [0.4, 0.5) is 16.2 Å². The molecule has 5 rings (SSSR count). The number of hydrogen-bond acceptors (Lipinski definition) is 5. The van der Waals surface area contributed by atoms with E-state index in [1.807, 2.05) is 43.3 Å². The van der Waals surface area contributed by atoms with Crippen molar-refractivity contribution in [2.24, 2.45) is 5.11 Å². The van der Waals surface area contributed by atoms with Gasteiger partial charge in [0.1, 0.15) is 6.61 Å². The van der Waals surface area contributed by atoms with E-state index < -0.39 is 0 Å². The molecule has 0 unspecified atom stereocenters. The molecule has 1 aliphatic heterocycles. The predicted molar refractivity (Wildman–Crippen MR) is 136 cm³/mol. The summed E-state index contributed by atoms with van der Waals surface area (Å²) in [5.41, 5.74) is 22.7. The fraction of sp³-hybridized carbons (Fsp3) is 0.296. The van der Waals surface area contributed by atoms with Gasteiger partial charge in [-0.1, -0.05) is 53.6 Å². The SMILES string of the molecule is Cc1c(N)cc(CN2CCN(C(=O)OCC3c4ccccc4-c4ccccc43)CC2)cc1N=[N+]=[N-]. The van der Waals surface area contributed by atoms with Gasteiger partial charge >= 0.3 is 6.09 Å². The molecule has 3 aromatic carbocycles. The molecule has 8 heteroatoms. The molecule has 1 fully saturated rings. The highest BCUT2D eigenvalue weighted by Crippen LogP contribution is 2.44. The summed E-state index contributed by atoms with van der Waals surface area (Å²) in [6, 6.07) is 20.5. The van der Waals surface area contributed by atoms with Crippen LogP contribution in [-0.4, -0.2) is 48.7 Å². The molecular weight excluding hydrogens is 440 g/mol. The van der Waals surface area contributed by atoms with Crippen molar-refractivity contribution < 1.29 is 9.53 Å². The lowest BCUT2D eigenvalue weighted by atomic mass is 9.98. The number of carbonyl (C=O) groups excluding carboxylic acids is 1. The third-order valence-corrected chi connectivity index (χ3v) is 7.01. The predicted octanol–water partition coefficient (Wildman–Crippen LogP) is 5.59. The summed E-state index contributed by atoms with van der Waals surface area (Å²) in [7, 11) is 0. The Labute approximate surface area is 204 Å². The van der Waals surface area contributed by atoms with Crippen molar-refractivity contribution in [1.29, 1.82) is 0 Å². The molecule has 35 heavy (non-hydrogen) atoms.